The van der Waals surface area contributed by atoms with Gasteiger partial charge in [0, 0.05) is 17.5 Å². The molecule has 15 heavy (non-hydrogen) atoms. The highest BCUT2D eigenvalue weighted by Gasteiger charge is 2.09. The molecule has 1 aromatic rings. The summed E-state index contributed by atoms with van der Waals surface area (Å²) in [5.41, 5.74) is 0.495. The summed E-state index contributed by atoms with van der Waals surface area (Å²) in [6.07, 6.45) is 0.714. The minimum Gasteiger partial charge on any atom is -0.396 e. The van der Waals surface area contributed by atoms with E-state index in [1.54, 1.807) is 12.1 Å². The molecule has 2 nitrogen and oxygen atoms in total. The van der Waals surface area contributed by atoms with Gasteiger partial charge in [-0.15, -0.1) is 0 Å². The van der Waals surface area contributed by atoms with Crippen LogP contribution in [-0.2, 0) is 6.42 Å². The number of rotatable bonds is 5. The van der Waals surface area contributed by atoms with Gasteiger partial charge >= 0.3 is 0 Å². The molecule has 0 heterocycles. The van der Waals surface area contributed by atoms with Crippen LogP contribution in [0, 0.1) is 5.82 Å². The van der Waals surface area contributed by atoms with Gasteiger partial charge in [0.1, 0.15) is 5.82 Å². The fourth-order valence-electron chi connectivity index (χ4n) is 1.38. The topological polar surface area (TPSA) is 40.5 Å². The van der Waals surface area contributed by atoms with Crippen molar-refractivity contribution in [2.75, 3.05) is 6.61 Å². The summed E-state index contributed by atoms with van der Waals surface area (Å²) in [4.78, 5) is 0. The van der Waals surface area contributed by atoms with E-state index < -0.39 is 6.10 Å². The fraction of sp³-hybridized carbons (Fsp3) is 0.455. The Bertz CT molecular complexity index is 317. The molecule has 0 saturated heterocycles. The molecule has 4 heteroatoms. The van der Waals surface area contributed by atoms with Gasteiger partial charge in [-0.25, -0.2) is 4.39 Å². The van der Waals surface area contributed by atoms with Crippen molar-refractivity contribution < 1.29 is 14.6 Å². The van der Waals surface area contributed by atoms with Crippen molar-refractivity contribution in [3.8, 4) is 0 Å². The van der Waals surface area contributed by atoms with Crippen LogP contribution in [0.2, 0.25) is 0 Å². The van der Waals surface area contributed by atoms with Crippen LogP contribution >= 0.6 is 15.9 Å². The van der Waals surface area contributed by atoms with Gasteiger partial charge in [0.2, 0.25) is 0 Å². The van der Waals surface area contributed by atoms with Gasteiger partial charge < -0.3 is 10.2 Å². The van der Waals surface area contributed by atoms with E-state index in [0.717, 1.165) is 4.47 Å². The van der Waals surface area contributed by atoms with Crippen LogP contribution in [0.3, 0.4) is 0 Å². The summed E-state index contributed by atoms with van der Waals surface area (Å²) in [6.45, 7) is 0.0536. The third-order valence-corrected chi connectivity index (χ3v) is 2.65. The molecule has 1 unspecified atom stereocenters. The smallest absolute Gasteiger partial charge is 0.126 e. The molecule has 1 aromatic carbocycles. The SMILES string of the molecule is OCCCC(O)Cc1cc(Br)ccc1F. The zero-order valence-corrected chi connectivity index (χ0v) is 9.87. The Morgan fingerprint density at radius 1 is 1.40 bits per heavy atom. The molecule has 0 spiro atoms. The predicted octanol–water partition coefficient (Wildman–Crippen LogP) is 2.26. The second-order valence-electron chi connectivity index (χ2n) is 3.46. The zero-order chi connectivity index (χ0) is 11.3. The Morgan fingerprint density at radius 2 is 2.13 bits per heavy atom. The number of halogens is 2. The second kappa shape index (κ2) is 6.20. The van der Waals surface area contributed by atoms with Crippen LogP contribution in [0.1, 0.15) is 18.4 Å². The predicted molar refractivity (Wildman–Crippen MR) is 60.1 cm³/mol. The summed E-state index contributed by atoms with van der Waals surface area (Å²) < 4.78 is 14.1. The monoisotopic (exact) mass is 276 g/mol. The first-order chi connectivity index (χ1) is 7.13. The van der Waals surface area contributed by atoms with E-state index in [4.69, 9.17) is 5.11 Å². The average Bonchev–Trinajstić information content (AvgIpc) is 2.20. The van der Waals surface area contributed by atoms with Gasteiger partial charge in [0.15, 0.2) is 0 Å². The minimum atomic E-state index is -0.596. The number of hydrogen-bond donors (Lipinski definition) is 2. The molecule has 0 fully saturated rings. The molecule has 0 saturated carbocycles. The fourth-order valence-corrected chi connectivity index (χ4v) is 1.79. The van der Waals surface area contributed by atoms with Crippen molar-refractivity contribution >= 4 is 15.9 Å². The van der Waals surface area contributed by atoms with Gasteiger partial charge in [-0.2, -0.15) is 0 Å². The highest BCUT2D eigenvalue weighted by atomic mass is 79.9. The van der Waals surface area contributed by atoms with Crippen molar-refractivity contribution in [1.29, 1.82) is 0 Å². The molecule has 2 N–H and O–H groups in total. The molecule has 0 aliphatic carbocycles. The number of aliphatic hydroxyl groups is 2. The lowest BCUT2D eigenvalue weighted by Gasteiger charge is -2.10. The van der Waals surface area contributed by atoms with Crippen molar-refractivity contribution in [2.45, 2.75) is 25.4 Å². The maximum atomic E-state index is 13.3. The average molecular weight is 277 g/mol. The standard InChI is InChI=1S/C11H14BrFO2/c12-9-3-4-11(13)8(6-9)7-10(15)2-1-5-14/h3-4,6,10,14-15H,1-2,5,7H2. The first kappa shape index (κ1) is 12.6. The molecule has 0 bridgehead atoms. The van der Waals surface area contributed by atoms with E-state index in [2.05, 4.69) is 15.9 Å². The van der Waals surface area contributed by atoms with Crippen molar-refractivity contribution in [2.24, 2.45) is 0 Å². The van der Waals surface area contributed by atoms with Crippen LogP contribution in [-0.4, -0.2) is 22.9 Å². The van der Waals surface area contributed by atoms with Crippen LogP contribution in [0.25, 0.3) is 0 Å². The molecule has 84 valence electrons. The van der Waals surface area contributed by atoms with E-state index in [9.17, 15) is 9.50 Å². The largest absolute Gasteiger partial charge is 0.396 e. The molecule has 1 atom stereocenters. The summed E-state index contributed by atoms with van der Waals surface area (Å²) >= 11 is 3.25. The van der Waals surface area contributed by atoms with Crippen LogP contribution in [0.15, 0.2) is 22.7 Å². The first-order valence-electron chi connectivity index (χ1n) is 4.86. The van der Waals surface area contributed by atoms with Gasteiger partial charge in [-0.3, -0.25) is 0 Å². The molecular weight excluding hydrogens is 263 g/mol. The molecular formula is C11H14BrFO2. The van der Waals surface area contributed by atoms with E-state index in [1.807, 2.05) is 0 Å². The Hall–Kier alpha value is -0.450. The van der Waals surface area contributed by atoms with Crippen LogP contribution < -0.4 is 0 Å². The first-order valence-corrected chi connectivity index (χ1v) is 5.65. The second-order valence-corrected chi connectivity index (χ2v) is 4.38. The maximum absolute atomic E-state index is 13.3. The van der Waals surface area contributed by atoms with Gasteiger partial charge in [-0.1, -0.05) is 15.9 Å². The van der Waals surface area contributed by atoms with Crippen molar-refractivity contribution in [3.05, 3.63) is 34.1 Å². The lowest BCUT2D eigenvalue weighted by molar-refractivity contribution is 0.149. The van der Waals surface area contributed by atoms with Gasteiger partial charge in [0.25, 0.3) is 0 Å². The van der Waals surface area contributed by atoms with Crippen molar-refractivity contribution in [3.63, 3.8) is 0 Å². The summed E-state index contributed by atoms with van der Waals surface area (Å²) in [5, 5.41) is 18.1. The number of benzene rings is 1. The number of hydrogen-bond acceptors (Lipinski definition) is 2. The number of aliphatic hydroxyl groups excluding tert-OH is 2. The maximum Gasteiger partial charge on any atom is 0.126 e. The lowest BCUT2D eigenvalue weighted by atomic mass is 10.0. The summed E-state index contributed by atoms with van der Waals surface area (Å²) in [6, 6.07) is 4.66. The lowest BCUT2D eigenvalue weighted by Crippen LogP contribution is -2.12. The van der Waals surface area contributed by atoms with Gasteiger partial charge in [0.05, 0.1) is 6.10 Å². The van der Waals surface area contributed by atoms with E-state index in [1.165, 1.54) is 6.07 Å². The summed E-state index contributed by atoms with van der Waals surface area (Å²) in [7, 11) is 0. The summed E-state index contributed by atoms with van der Waals surface area (Å²) in [5.74, 6) is -0.304. The Kier molecular flexibility index (Phi) is 5.22. The molecule has 0 amide bonds. The quantitative estimate of drug-likeness (QED) is 0.866. The van der Waals surface area contributed by atoms with E-state index in [-0.39, 0.29) is 18.8 Å². The highest BCUT2D eigenvalue weighted by molar-refractivity contribution is 9.10. The highest BCUT2D eigenvalue weighted by Crippen LogP contribution is 2.17. The Balaban J connectivity index is 2.59. The molecule has 0 aliphatic heterocycles. The van der Waals surface area contributed by atoms with E-state index >= 15 is 0 Å². The Morgan fingerprint density at radius 3 is 2.80 bits per heavy atom. The van der Waals surface area contributed by atoms with Gasteiger partial charge in [-0.05, 0) is 36.6 Å². The third-order valence-electron chi connectivity index (χ3n) is 2.16. The molecule has 0 aliphatic rings. The normalized spacial score (nSPS) is 12.8. The van der Waals surface area contributed by atoms with Crippen LogP contribution in [0.5, 0.6) is 0 Å². The molecule has 1 rings (SSSR count). The Labute approximate surface area is 96.9 Å². The molecule has 0 radical (unpaired) electrons. The zero-order valence-electron chi connectivity index (χ0n) is 8.29. The van der Waals surface area contributed by atoms with Crippen molar-refractivity contribution in [1.82, 2.24) is 0 Å². The minimum absolute atomic E-state index is 0.0536. The third kappa shape index (κ3) is 4.28. The van der Waals surface area contributed by atoms with Crippen LogP contribution in [0.4, 0.5) is 4.39 Å². The van der Waals surface area contributed by atoms with E-state index in [0.29, 0.717) is 18.4 Å². The molecule has 0 aromatic heterocycles.